The minimum Gasteiger partial charge on any atom is -0.441 e. The number of hydrogen-bond acceptors (Lipinski definition) is 5. The average Bonchev–Trinajstić information content (AvgIpc) is 2.87. The quantitative estimate of drug-likeness (QED) is 0.170. The fourth-order valence-electron chi connectivity index (χ4n) is 4.63. The van der Waals surface area contributed by atoms with E-state index in [-0.39, 0.29) is 23.6 Å². The number of rotatable bonds is 11. The van der Waals surface area contributed by atoms with Crippen LogP contribution in [0, 0.1) is 12.8 Å². The minimum absolute atomic E-state index is 0.0666. The van der Waals surface area contributed by atoms with Crippen molar-refractivity contribution in [3.05, 3.63) is 89.6 Å². The highest BCUT2D eigenvalue weighted by Crippen LogP contribution is 2.29. The zero-order chi connectivity index (χ0) is 28.2. The van der Waals surface area contributed by atoms with Gasteiger partial charge in [-0.3, -0.25) is 19.9 Å². The van der Waals surface area contributed by atoms with Crippen LogP contribution in [-0.2, 0) is 9.59 Å². The number of nitrogens with one attached hydrogen (secondary N) is 1. The summed E-state index contributed by atoms with van der Waals surface area (Å²) in [6.07, 6.45) is 8.36. The summed E-state index contributed by atoms with van der Waals surface area (Å²) in [7, 11) is 0. The highest BCUT2D eigenvalue weighted by Gasteiger charge is 2.27. The summed E-state index contributed by atoms with van der Waals surface area (Å²) < 4.78 is 5.84. The van der Waals surface area contributed by atoms with Crippen molar-refractivity contribution in [2.75, 3.05) is 13.1 Å². The van der Waals surface area contributed by atoms with Crippen molar-refractivity contribution in [2.45, 2.75) is 60.3 Å². The molecule has 0 radical (unpaired) electrons. The maximum absolute atomic E-state index is 13.8. The number of carbonyl (C=O) groups is 2. The molecular weight excluding hydrogens is 476 g/mol. The number of para-hydroxylation sites is 1. The van der Waals surface area contributed by atoms with Gasteiger partial charge < -0.3 is 15.4 Å². The number of benzene rings is 1. The maximum atomic E-state index is 13.8. The molecule has 0 saturated carbocycles. The average molecular weight is 519 g/mol. The van der Waals surface area contributed by atoms with E-state index in [9.17, 15) is 9.59 Å². The van der Waals surface area contributed by atoms with Crippen LogP contribution in [0.3, 0.4) is 0 Å². The van der Waals surface area contributed by atoms with E-state index in [2.05, 4.69) is 23.5 Å². The van der Waals surface area contributed by atoms with Gasteiger partial charge in [0.2, 0.25) is 5.91 Å². The first kappa shape index (κ1) is 30.4. The van der Waals surface area contributed by atoms with Gasteiger partial charge in [0.25, 0.3) is 5.91 Å². The van der Waals surface area contributed by atoms with E-state index in [0.717, 1.165) is 36.9 Å². The molecule has 1 atom stereocenters. The van der Waals surface area contributed by atoms with Crippen molar-refractivity contribution in [1.29, 1.82) is 0 Å². The Bertz CT molecular complexity index is 1170. The Morgan fingerprint density at radius 1 is 1.24 bits per heavy atom. The van der Waals surface area contributed by atoms with Crippen LogP contribution < -0.4 is 15.8 Å². The number of aryl methyl sites for hydroxylation is 1. The monoisotopic (exact) mass is 518 g/mol. The third-order valence-corrected chi connectivity index (χ3v) is 6.45. The molecule has 204 valence electrons. The predicted molar refractivity (Wildman–Crippen MR) is 155 cm³/mol. The lowest BCUT2D eigenvalue weighted by atomic mass is 9.86. The van der Waals surface area contributed by atoms with Gasteiger partial charge in [0.1, 0.15) is 5.75 Å². The Labute approximate surface area is 227 Å². The molecule has 0 aromatic heterocycles. The van der Waals surface area contributed by atoms with Gasteiger partial charge in [-0.2, -0.15) is 0 Å². The Kier molecular flexibility index (Phi) is 11.8. The third-order valence-electron chi connectivity index (χ3n) is 6.45. The van der Waals surface area contributed by atoms with Crippen LogP contribution in [0.15, 0.2) is 89.1 Å². The van der Waals surface area contributed by atoms with E-state index in [1.54, 1.807) is 13.1 Å². The molecule has 0 aliphatic carbocycles. The zero-order valence-electron chi connectivity index (χ0n) is 23.5. The summed E-state index contributed by atoms with van der Waals surface area (Å²) in [6.45, 7) is 18.4. The fraction of sp³-hybridized carbons (Fsp3) is 0.387. The molecule has 7 nitrogen and oxygen atoms in total. The summed E-state index contributed by atoms with van der Waals surface area (Å²) >= 11 is 0. The molecule has 1 aliphatic rings. The molecule has 1 aromatic rings. The van der Waals surface area contributed by atoms with Crippen molar-refractivity contribution in [1.82, 2.24) is 10.2 Å². The van der Waals surface area contributed by atoms with Crippen LogP contribution in [0.2, 0.25) is 0 Å². The first-order valence-corrected chi connectivity index (χ1v) is 13.1. The molecule has 2 amide bonds. The van der Waals surface area contributed by atoms with E-state index in [1.807, 2.05) is 62.9 Å². The number of nitrogens with two attached hydrogens (primary N) is 1. The van der Waals surface area contributed by atoms with Crippen LogP contribution in [0.1, 0.15) is 58.9 Å². The number of nitrogens with zero attached hydrogens (tertiary/aromatic N) is 2. The molecule has 7 heteroatoms. The van der Waals surface area contributed by atoms with E-state index < -0.39 is 0 Å². The molecule has 2 rings (SSSR count). The number of likely N-dealkylation sites (tertiary alicyclic amines) is 1. The smallest absolute Gasteiger partial charge is 0.258 e. The van der Waals surface area contributed by atoms with E-state index in [4.69, 9.17) is 10.5 Å². The lowest BCUT2D eigenvalue weighted by Crippen LogP contribution is -2.39. The second-order valence-corrected chi connectivity index (χ2v) is 9.67. The van der Waals surface area contributed by atoms with Crippen LogP contribution in [0.4, 0.5) is 0 Å². The van der Waals surface area contributed by atoms with Gasteiger partial charge in [-0.1, -0.05) is 43.4 Å². The molecule has 38 heavy (non-hydrogen) atoms. The minimum atomic E-state index is -0.371. The normalized spacial score (nSPS) is 17.4. The summed E-state index contributed by atoms with van der Waals surface area (Å²) in [5.41, 5.74) is 10.3. The number of carbonyl (C=O) groups excluding carboxylic acids is 2. The number of hydrogen-bond donors (Lipinski definition) is 2. The maximum Gasteiger partial charge on any atom is 0.258 e. The summed E-state index contributed by atoms with van der Waals surface area (Å²) in [4.78, 5) is 32.3. The van der Waals surface area contributed by atoms with Crippen molar-refractivity contribution in [2.24, 2.45) is 16.6 Å². The van der Waals surface area contributed by atoms with Crippen LogP contribution >= 0.6 is 0 Å². The van der Waals surface area contributed by atoms with Gasteiger partial charge in [-0.25, -0.2) is 0 Å². The Hall–Kier alpha value is -3.87. The Morgan fingerprint density at radius 3 is 2.58 bits per heavy atom. The topological polar surface area (TPSA) is 97.0 Å². The van der Waals surface area contributed by atoms with Gasteiger partial charge in [-0.05, 0) is 83.6 Å². The van der Waals surface area contributed by atoms with Gasteiger partial charge in [0.15, 0.2) is 5.88 Å². The number of allylic oxidation sites excluding steroid dienone is 3. The van der Waals surface area contributed by atoms with Crippen molar-refractivity contribution < 1.29 is 14.3 Å². The van der Waals surface area contributed by atoms with E-state index in [0.29, 0.717) is 41.3 Å². The van der Waals surface area contributed by atoms with Gasteiger partial charge in [0.05, 0.1) is 0 Å². The predicted octanol–water partition coefficient (Wildman–Crippen LogP) is 5.71. The van der Waals surface area contributed by atoms with Crippen LogP contribution in [0.5, 0.6) is 5.75 Å². The van der Waals surface area contributed by atoms with Gasteiger partial charge >= 0.3 is 0 Å². The van der Waals surface area contributed by atoms with Gasteiger partial charge in [-0.15, -0.1) is 0 Å². The molecule has 3 N–H and O–H groups in total. The lowest BCUT2D eigenvalue weighted by molar-refractivity contribution is -0.127. The molecule has 1 aliphatic heterocycles. The summed E-state index contributed by atoms with van der Waals surface area (Å²) in [6, 6.07) is 7.52. The van der Waals surface area contributed by atoms with E-state index in [1.165, 1.54) is 6.08 Å². The number of piperidine rings is 1. The molecule has 0 bridgehead atoms. The van der Waals surface area contributed by atoms with Crippen molar-refractivity contribution in [3.8, 4) is 5.75 Å². The molecule has 1 unspecified atom stereocenters. The van der Waals surface area contributed by atoms with Crippen molar-refractivity contribution in [3.63, 3.8) is 0 Å². The highest BCUT2D eigenvalue weighted by atomic mass is 16.5. The van der Waals surface area contributed by atoms with E-state index >= 15 is 0 Å². The number of amides is 2. The molecule has 1 fully saturated rings. The fourth-order valence-corrected chi connectivity index (χ4v) is 4.63. The molecule has 1 heterocycles. The molecule has 1 saturated heterocycles. The van der Waals surface area contributed by atoms with Crippen LogP contribution in [0.25, 0.3) is 0 Å². The number of aliphatic imine (C=N–C) groups is 1. The summed E-state index contributed by atoms with van der Waals surface area (Å²) in [5, 5.41) is 2.81. The molecular formula is C31H42N4O3. The second kappa shape index (κ2) is 14.8. The standard InChI is InChI=1S/C31H42N4O3/c1-8-10-17-33-24(6)30(23(5)32)29(22(4)19-26-15-13-18-35(20-26)28(36)9-2)31(37)34-25(7)38-27-16-12-11-14-21(27)3/h9-12,14,16-17,26H,2,7-8,13,15,18-20,32H2,1,3-6H3,(H,34,37)/b17-10+,29-22-,30-23-,33-24+. The largest absolute Gasteiger partial charge is 0.441 e. The first-order valence-electron chi connectivity index (χ1n) is 13.1. The first-order chi connectivity index (χ1) is 18.1. The molecule has 1 aromatic carbocycles. The van der Waals surface area contributed by atoms with Gasteiger partial charge in [0, 0.05) is 41.8 Å². The SMILES string of the molecule is C=CC(=O)N1CCCC(C/C(C)=C(C(=O)NC(=C)Oc2ccccc2C)/C(C(/C)=N/C=C/CC)=C(/C)N)C1. The van der Waals surface area contributed by atoms with Crippen LogP contribution in [-0.4, -0.2) is 35.5 Å². The lowest BCUT2D eigenvalue weighted by Gasteiger charge is -2.32. The summed E-state index contributed by atoms with van der Waals surface area (Å²) in [5.74, 6) is 0.498. The van der Waals surface area contributed by atoms with Crippen molar-refractivity contribution >= 4 is 17.5 Å². The highest BCUT2D eigenvalue weighted by molar-refractivity contribution is 6.14. The second-order valence-electron chi connectivity index (χ2n) is 9.67. The Balaban J connectivity index is 2.43. The Morgan fingerprint density at radius 2 is 1.95 bits per heavy atom. The molecule has 0 spiro atoms. The zero-order valence-corrected chi connectivity index (χ0v) is 23.5. The number of ether oxygens (including phenoxy) is 1. The third kappa shape index (κ3) is 8.61.